The molecular formula is C18H18N2O3. The average Bonchev–Trinajstić information content (AvgIpc) is 3.02. The fourth-order valence-electron chi connectivity index (χ4n) is 3.13. The third kappa shape index (κ3) is 2.08. The monoisotopic (exact) mass is 310 g/mol. The van der Waals surface area contributed by atoms with E-state index in [0.29, 0.717) is 5.75 Å². The molecule has 0 bridgehead atoms. The predicted molar refractivity (Wildman–Crippen MR) is 86.7 cm³/mol. The van der Waals surface area contributed by atoms with Crippen LogP contribution in [-0.2, 0) is 4.79 Å². The van der Waals surface area contributed by atoms with Gasteiger partial charge in [0.2, 0.25) is 12.7 Å². The number of carbonyl (C=O) groups is 1. The molecule has 0 radical (unpaired) electrons. The minimum absolute atomic E-state index is 0.0593. The van der Waals surface area contributed by atoms with Crippen LogP contribution in [0.2, 0.25) is 0 Å². The van der Waals surface area contributed by atoms with Crippen LogP contribution < -0.4 is 20.1 Å². The Bertz CT molecular complexity index is 803. The van der Waals surface area contributed by atoms with Gasteiger partial charge in [-0.3, -0.25) is 4.79 Å². The Hall–Kier alpha value is -2.53. The normalized spacial score (nSPS) is 22.2. The highest BCUT2D eigenvalue weighted by Crippen LogP contribution is 2.42. The van der Waals surface area contributed by atoms with E-state index in [0.717, 1.165) is 22.6 Å². The molecule has 5 nitrogen and oxygen atoms in total. The van der Waals surface area contributed by atoms with Crippen molar-refractivity contribution in [2.24, 2.45) is 5.73 Å². The Balaban J connectivity index is 1.72. The first-order valence-corrected chi connectivity index (χ1v) is 7.62. The highest BCUT2D eigenvalue weighted by Gasteiger charge is 2.47. The summed E-state index contributed by atoms with van der Waals surface area (Å²) in [4.78, 5) is 14.1. The van der Waals surface area contributed by atoms with Crippen molar-refractivity contribution >= 4 is 11.6 Å². The van der Waals surface area contributed by atoms with E-state index in [1.165, 1.54) is 5.56 Å². The van der Waals surface area contributed by atoms with Crippen LogP contribution in [-0.4, -0.2) is 18.7 Å². The molecule has 0 aliphatic carbocycles. The number of fused-ring (bicyclic) bond motifs is 1. The average molecular weight is 310 g/mol. The molecule has 2 aliphatic heterocycles. The SMILES string of the molecule is Cc1ccc(N2C(=O)[C@H](N)[C@H]2c2ccc3c(c2)OCO3)cc1C. The van der Waals surface area contributed by atoms with Crippen LogP contribution >= 0.6 is 0 Å². The van der Waals surface area contributed by atoms with Gasteiger partial charge in [0.05, 0.1) is 6.04 Å². The zero-order chi connectivity index (χ0) is 16.1. The largest absolute Gasteiger partial charge is 0.454 e. The molecule has 2 aliphatic rings. The summed E-state index contributed by atoms with van der Waals surface area (Å²) in [6, 6.07) is 11.0. The lowest BCUT2D eigenvalue weighted by molar-refractivity contribution is -0.126. The quantitative estimate of drug-likeness (QED) is 0.865. The third-order valence-electron chi connectivity index (χ3n) is 4.65. The van der Waals surface area contributed by atoms with Gasteiger partial charge in [-0.15, -0.1) is 0 Å². The summed E-state index contributed by atoms with van der Waals surface area (Å²) in [6.45, 7) is 4.33. The van der Waals surface area contributed by atoms with Gasteiger partial charge in [-0.25, -0.2) is 0 Å². The van der Waals surface area contributed by atoms with Crippen LogP contribution in [0.1, 0.15) is 22.7 Å². The summed E-state index contributed by atoms with van der Waals surface area (Å²) >= 11 is 0. The van der Waals surface area contributed by atoms with E-state index >= 15 is 0 Å². The lowest BCUT2D eigenvalue weighted by Crippen LogP contribution is -2.63. The van der Waals surface area contributed by atoms with Gasteiger partial charge in [-0.05, 0) is 54.8 Å². The van der Waals surface area contributed by atoms with Crippen molar-refractivity contribution in [2.75, 3.05) is 11.7 Å². The Labute approximate surface area is 134 Å². The molecule has 5 heteroatoms. The van der Waals surface area contributed by atoms with Gasteiger partial charge in [0, 0.05) is 5.69 Å². The van der Waals surface area contributed by atoms with Gasteiger partial charge in [0.15, 0.2) is 11.5 Å². The van der Waals surface area contributed by atoms with Gasteiger partial charge in [-0.2, -0.15) is 0 Å². The number of hydrogen-bond acceptors (Lipinski definition) is 4. The zero-order valence-corrected chi connectivity index (χ0v) is 13.1. The zero-order valence-electron chi connectivity index (χ0n) is 13.1. The van der Waals surface area contributed by atoms with Crippen molar-refractivity contribution in [1.82, 2.24) is 0 Å². The summed E-state index contributed by atoms with van der Waals surface area (Å²) < 4.78 is 10.8. The Morgan fingerprint density at radius 1 is 1.04 bits per heavy atom. The third-order valence-corrected chi connectivity index (χ3v) is 4.65. The van der Waals surface area contributed by atoms with Crippen molar-refractivity contribution in [2.45, 2.75) is 25.9 Å². The number of ether oxygens (including phenoxy) is 2. The Morgan fingerprint density at radius 3 is 2.61 bits per heavy atom. The summed E-state index contributed by atoms with van der Waals surface area (Å²) in [7, 11) is 0. The topological polar surface area (TPSA) is 64.8 Å². The van der Waals surface area contributed by atoms with Gasteiger partial charge in [-0.1, -0.05) is 12.1 Å². The first kappa shape index (κ1) is 14.1. The van der Waals surface area contributed by atoms with Gasteiger partial charge in [0.25, 0.3) is 0 Å². The molecular weight excluding hydrogens is 292 g/mol. The summed E-state index contributed by atoms with van der Waals surface area (Å²) in [6.07, 6.45) is 0. The number of nitrogens with two attached hydrogens (primary N) is 1. The van der Waals surface area contributed by atoms with E-state index in [2.05, 4.69) is 6.92 Å². The maximum atomic E-state index is 12.3. The van der Waals surface area contributed by atoms with Gasteiger partial charge >= 0.3 is 0 Å². The maximum Gasteiger partial charge on any atom is 0.247 e. The molecule has 2 aromatic rings. The van der Waals surface area contributed by atoms with E-state index in [1.807, 2.05) is 43.3 Å². The number of carbonyl (C=O) groups excluding carboxylic acids is 1. The van der Waals surface area contributed by atoms with E-state index in [4.69, 9.17) is 15.2 Å². The fourth-order valence-corrected chi connectivity index (χ4v) is 3.13. The maximum absolute atomic E-state index is 12.3. The number of benzene rings is 2. The minimum atomic E-state index is -0.531. The second-order valence-corrected chi connectivity index (χ2v) is 6.06. The molecule has 118 valence electrons. The Kier molecular flexibility index (Phi) is 3.06. The van der Waals surface area contributed by atoms with Crippen LogP contribution in [0.3, 0.4) is 0 Å². The molecule has 2 atom stereocenters. The second-order valence-electron chi connectivity index (χ2n) is 6.06. The van der Waals surface area contributed by atoms with E-state index in [9.17, 15) is 4.79 Å². The molecule has 2 N–H and O–H groups in total. The van der Waals surface area contributed by atoms with Crippen LogP contribution in [0.25, 0.3) is 0 Å². The number of amides is 1. The summed E-state index contributed by atoms with van der Waals surface area (Å²) in [5.41, 5.74) is 10.3. The molecule has 1 saturated heterocycles. The predicted octanol–water partition coefficient (Wildman–Crippen LogP) is 2.45. The van der Waals surface area contributed by atoms with Gasteiger partial charge < -0.3 is 20.1 Å². The van der Waals surface area contributed by atoms with Crippen molar-refractivity contribution in [3.63, 3.8) is 0 Å². The van der Waals surface area contributed by atoms with E-state index < -0.39 is 6.04 Å². The lowest BCUT2D eigenvalue weighted by Gasteiger charge is -2.45. The first-order valence-electron chi connectivity index (χ1n) is 7.62. The molecule has 23 heavy (non-hydrogen) atoms. The smallest absolute Gasteiger partial charge is 0.247 e. The van der Waals surface area contributed by atoms with Crippen LogP contribution in [0.15, 0.2) is 36.4 Å². The number of hydrogen-bond donors (Lipinski definition) is 1. The fraction of sp³-hybridized carbons (Fsp3) is 0.278. The van der Waals surface area contributed by atoms with E-state index in [1.54, 1.807) is 4.90 Å². The lowest BCUT2D eigenvalue weighted by atomic mass is 9.88. The molecule has 0 spiro atoms. The molecule has 4 rings (SSSR count). The molecule has 0 saturated carbocycles. The minimum Gasteiger partial charge on any atom is -0.454 e. The number of β-lactam (4-membered cyclic amide) rings is 1. The van der Waals surface area contributed by atoms with Crippen LogP contribution in [0.5, 0.6) is 11.5 Å². The van der Waals surface area contributed by atoms with Gasteiger partial charge in [0.1, 0.15) is 6.04 Å². The summed E-state index contributed by atoms with van der Waals surface area (Å²) in [5, 5.41) is 0. The van der Waals surface area contributed by atoms with Crippen molar-refractivity contribution < 1.29 is 14.3 Å². The Morgan fingerprint density at radius 2 is 1.83 bits per heavy atom. The second kappa shape index (κ2) is 4.99. The van der Waals surface area contributed by atoms with Crippen molar-refractivity contribution in [3.8, 4) is 11.5 Å². The number of rotatable bonds is 2. The molecule has 2 heterocycles. The van der Waals surface area contributed by atoms with E-state index in [-0.39, 0.29) is 18.7 Å². The highest BCUT2D eigenvalue weighted by atomic mass is 16.7. The number of anilines is 1. The molecule has 0 unspecified atom stereocenters. The number of nitrogens with zero attached hydrogens (tertiary/aromatic N) is 1. The first-order chi connectivity index (χ1) is 11.1. The summed E-state index contributed by atoms with van der Waals surface area (Å²) in [5.74, 6) is 1.37. The molecule has 2 aromatic carbocycles. The van der Waals surface area contributed by atoms with Crippen molar-refractivity contribution in [1.29, 1.82) is 0 Å². The molecule has 0 aromatic heterocycles. The standard InChI is InChI=1S/C18H18N2O3/c1-10-3-5-13(7-11(10)2)20-17(16(19)18(20)21)12-4-6-14-15(8-12)23-9-22-14/h3-8,16-17H,9,19H2,1-2H3/t16-,17-/m1/s1. The number of aryl methyl sites for hydroxylation is 2. The van der Waals surface area contributed by atoms with Crippen LogP contribution in [0, 0.1) is 13.8 Å². The molecule has 1 fully saturated rings. The highest BCUT2D eigenvalue weighted by molar-refractivity contribution is 6.05. The van der Waals surface area contributed by atoms with Crippen molar-refractivity contribution in [3.05, 3.63) is 53.1 Å². The molecule has 1 amide bonds. The van der Waals surface area contributed by atoms with Crippen LogP contribution in [0.4, 0.5) is 5.69 Å².